The molecule has 2 amide bonds. The van der Waals surface area contributed by atoms with Gasteiger partial charge < -0.3 is 15.0 Å². The Morgan fingerprint density at radius 1 is 1.15 bits per heavy atom. The van der Waals surface area contributed by atoms with Gasteiger partial charge in [-0.15, -0.1) is 0 Å². The summed E-state index contributed by atoms with van der Waals surface area (Å²) < 4.78 is 5.29. The van der Waals surface area contributed by atoms with Gasteiger partial charge in [-0.1, -0.05) is 12.1 Å². The molecule has 3 atom stereocenters. The van der Waals surface area contributed by atoms with Crippen LogP contribution in [0.4, 0.5) is 0 Å². The lowest BCUT2D eigenvalue weighted by atomic mass is 9.75. The molecule has 140 valence electrons. The third-order valence-corrected chi connectivity index (χ3v) is 6.35. The number of rotatable bonds is 4. The highest BCUT2D eigenvalue weighted by atomic mass is 16.5. The highest BCUT2D eigenvalue weighted by Gasteiger charge is 2.54. The van der Waals surface area contributed by atoms with Gasteiger partial charge in [0.1, 0.15) is 5.75 Å². The Hall–Kier alpha value is -2.08. The fourth-order valence-electron chi connectivity index (χ4n) is 5.15. The summed E-state index contributed by atoms with van der Waals surface area (Å²) in [6, 6.07) is 8.92. The van der Waals surface area contributed by atoms with Crippen molar-refractivity contribution in [1.29, 1.82) is 0 Å². The monoisotopic (exact) mass is 357 g/mol. The van der Waals surface area contributed by atoms with Crippen molar-refractivity contribution in [2.24, 2.45) is 5.92 Å². The number of hydrogen-bond donors (Lipinski definition) is 1. The van der Waals surface area contributed by atoms with Gasteiger partial charge in [-0.05, 0) is 49.5 Å². The molecule has 4 aliphatic rings. The summed E-state index contributed by atoms with van der Waals surface area (Å²) in [5.41, 5.74) is 1.27. The van der Waals surface area contributed by atoms with Gasteiger partial charge >= 0.3 is 0 Å². The topological polar surface area (TPSA) is 61.9 Å². The van der Waals surface area contributed by atoms with Crippen LogP contribution in [0.15, 0.2) is 24.3 Å². The first-order chi connectivity index (χ1) is 12.6. The summed E-state index contributed by atoms with van der Waals surface area (Å²) in [7, 11) is 1.68. The number of fused-ring (bicyclic) bond motifs is 2. The average Bonchev–Trinajstić information content (AvgIpc) is 3.10. The van der Waals surface area contributed by atoms with Crippen molar-refractivity contribution >= 4 is 11.8 Å². The molecule has 6 heteroatoms. The van der Waals surface area contributed by atoms with E-state index in [-0.39, 0.29) is 24.4 Å². The highest BCUT2D eigenvalue weighted by molar-refractivity contribution is 5.84. The number of amides is 2. The maximum absolute atomic E-state index is 12.8. The number of piperidine rings is 3. The number of ether oxygens (including phenoxy) is 1. The summed E-state index contributed by atoms with van der Waals surface area (Å²) in [5.74, 6) is 1.63. The van der Waals surface area contributed by atoms with Crippen LogP contribution in [0.1, 0.15) is 31.2 Å². The van der Waals surface area contributed by atoms with Crippen molar-refractivity contribution < 1.29 is 14.3 Å². The Morgan fingerprint density at radius 3 is 2.46 bits per heavy atom. The second kappa shape index (κ2) is 6.91. The first-order valence-electron chi connectivity index (χ1n) is 9.50. The highest BCUT2D eigenvalue weighted by Crippen LogP contribution is 2.46. The number of nitrogens with one attached hydrogen (secondary N) is 1. The van der Waals surface area contributed by atoms with E-state index in [1.165, 1.54) is 25.3 Å². The number of carbonyl (C=O) groups is 2. The molecule has 4 fully saturated rings. The molecule has 1 N–H and O–H groups in total. The van der Waals surface area contributed by atoms with Crippen LogP contribution in [0.3, 0.4) is 0 Å². The van der Waals surface area contributed by atoms with Crippen molar-refractivity contribution in [3.8, 4) is 5.75 Å². The van der Waals surface area contributed by atoms with Crippen LogP contribution >= 0.6 is 0 Å². The van der Waals surface area contributed by atoms with Gasteiger partial charge in [-0.3, -0.25) is 14.5 Å². The molecule has 4 heterocycles. The molecular weight excluding hydrogens is 330 g/mol. The SMILES string of the molecule is COc1ccc([C@H]2CN(C(=O)CNC(C)=O)[C@H]3C4CCN(CC4)[C@@H]23)cc1. The van der Waals surface area contributed by atoms with Crippen molar-refractivity contribution in [2.75, 3.05) is 33.3 Å². The van der Waals surface area contributed by atoms with Crippen LogP contribution in [0, 0.1) is 5.92 Å². The number of likely N-dealkylation sites (tertiary alicyclic amines) is 1. The van der Waals surface area contributed by atoms with Crippen molar-refractivity contribution in [3.63, 3.8) is 0 Å². The number of nitrogens with zero attached hydrogens (tertiary/aromatic N) is 2. The van der Waals surface area contributed by atoms with Crippen LogP contribution in [-0.2, 0) is 9.59 Å². The second-order valence-electron chi connectivity index (χ2n) is 7.69. The lowest BCUT2D eigenvalue weighted by molar-refractivity contribution is -0.136. The zero-order valence-corrected chi connectivity index (χ0v) is 15.5. The van der Waals surface area contributed by atoms with E-state index in [1.807, 2.05) is 17.0 Å². The van der Waals surface area contributed by atoms with Crippen molar-refractivity contribution in [2.45, 2.75) is 37.8 Å². The van der Waals surface area contributed by atoms with E-state index in [9.17, 15) is 9.59 Å². The molecule has 0 saturated carbocycles. The molecule has 0 unspecified atom stereocenters. The Balaban J connectivity index is 1.60. The van der Waals surface area contributed by atoms with Gasteiger partial charge in [0.2, 0.25) is 11.8 Å². The lowest BCUT2D eigenvalue weighted by Crippen LogP contribution is -2.61. The standard InChI is InChI=1S/C20H27N3O3/c1-13(24)21-11-18(25)23-12-17(14-3-5-16(26-2)6-4-14)20-19(23)15-7-9-22(20)10-8-15/h3-6,15,17,19-20H,7-12H2,1-2H3,(H,21,24)/t17-,19+,20+/m1/s1. The molecular formula is C20H27N3O3. The van der Waals surface area contributed by atoms with E-state index in [4.69, 9.17) is 4.74 Å². The summed E-state index contributed by atoms with van der Waals surface area (Å²) >= 11 is 0. The van der Waals surface area contributed by atoms with E-state index in [0.29, 0.717) is 17.9 Å². The van der Waals surface area contributed by atoms with Crippen LogP contribution in [0.25, 0.3) is 0 Å². The maximum atomic E-state index is 12.8. The summed E-state index contributed by atoms with van der Waals surface area (Å²) in [6.45, 7) is 4.54. The molecule has 2 bridgehead atoms. The number of methoxy groups -OCH3 is 1. The minimum Gasteiger partial charge on any atom is -0.497 e. The lowest BCUT2D eigenvalue weighted by Gasteiger charge is -2.51. The first kappa shape index (κ1) is 17.3. The summed E-state index contributed by atoms with van der Waals surface area (Å²) in [4.78, 5) is 28.7. The second-order valence-corrected chi connectivity index (χ2v) is 7.69. The summed E-state index contributed by atoms with van der Waals surface area (Å²) in [6.07, 6.45) is 2.33. The minimum atomic E-state index is -0.158. The molecule has 1 aromatic rings. The Morgan fingerprint density at radius 2 is 1.85 bits per heavy atom. The molecule has 5 rings (SSSR count). The third kappa shape index (κ3) is 2.96. The molecule has 0 aromatic heterocycles. The van der Waals surface area contributed by atoms with Crippen molar-refractivity contribution in [1.82, 2.24) is 15.1 Å². The number of hydrogen-bond acceptors (Lipinski definition) is 4. The predicted molar refractivity (Wildman–Crippen MR) is 98.0 cm³/mol. The largest absolute Gasteiger partial charge is 0.497 e. The van der Waals surface area contributed by atoms with Gasteiger partial charge in [0.15, 0.2) is 0 Å². The van der Waals surface area contributed by atoms with Gasteiger partial charge in [-0.25, -0.2) is 0 Å². The molecule has 0 spiro atoms. The fourth-order valence-corrected chi connectivity index (χ4v) is 5.15. The van der Waals surface area contributed by atoms with E-state index < -0.39 is 0 Å². The van der Waals surface area contributed by atoms with E-state index >= 15 is 0 Å². The molecule has 6 nitrogen and oxygen atoms in total. The van der Waals surface area contributed by atoms with Gasteiger partial charge in [-0.2, -0.15) is 0 Å². The molecule has 26 heavy (non-hydrogen) atoms. The van der Waals surface area contributed by atoms with Crippen LogP contribution in [-0.4, -0.2) is 67.0 Å². The van der Waals surface area contributed by atoms with Crippen LogP contribution < -0.4 is 10.1 Å². The van der Waals surface area contributed by atoms with Gasteiger partial charge in [0, 0.05) is 25.4 Å². The Bertz CT molecular complexity index is 682. The summed E-state index contributed by atoms with van der Waals surface area (Å²) in [5, 5.41) is 2.67. The Kier molecular flexibility index (Phi) is 4.61. The quantitative estimate of drug-likeness (QED) is 0.880. The zero-order valence-electron chi connectivity index (χ0n) is 15.5. The average molecular weight is 357 g/mol. The molecule has 4 saturated heterocycles. The normalized spacial score (nSPS) is 32.2. The smallest absolute Gasteiger partial charge is 0.242 e. The maximum Gasteiger partial charge on any atom is 0.242 e. The van der Waals surface area contributed by atoms with E-state index in [0.717, 1.165) is 25.4 Å². The Labute approximate surface area is 154 Å². The van der Waals surface area contributed by atoms with Crippen LogP contribution in [0.5, 0.6) is 5.75 Å². The fraction of sp³-hybridized carbons (Fsp3) is 0.600. The van der Waals surface area contributed by atoms with E-state index in [2.05, 4.69) is 22.3 Å². The van der Waals surface area contributed by atoms with Gasteiger partial charge in [0.05, 0.1) is 19.7 Å². The molecule has 0 radical (unpaired) electrons. The van der Waals surface area contributed by atoms with E-state index in [1.54, 1.807) is 7.11 Å². The van der Waals surface area contributed by atoms with Gasteiger partial charge in [0.25, 0.3) is 0 Å². The minimum absolute atomic E-state index is 0.0416. The predicted octanol–water partition coefficient (Wildman–Crippen LogP) is 1.22. The third-order valence-electron chi connectivity index (χ3n) is 6.35. The van der Waals surface area contributed by atoms with Crippen LogP contribution in [0.2, 0.25) is 0 Å². The zero-order chi connectivity index (χ0) is 18.3. The first-order valence-corrected chi connectivity index (χ1v) is 9.50. The number of benzene rings is 1. The van der Waals surface area contributed by atoms with Crippen molar-refractivity contribution in [3.05, 3.63) is 29.8 Å². The number of carbonyl (C=O) groups excluding carboxylic acids is 2. The molecule has 0 aliphatic carbocycles. The molecule has 1 aromatic carbocycles. The molecule has 4 aliphatic heterocycles.